The van der Waals surface area contributed by atoms with E-state index in [0.717, 1.165) is 0 Å². The van der Waals surface area contributed by atoms with Crippen molar-refractivity contribution in [1.29, 1.82) is 0 Å². The second-order valence-electron chi connectivity index (χ2n) is 4.12. The quantitative estimate of drug-likeness (QED) is 0.806. The standard InChI is InChI=1S/C13H16N2O4/c1-9(16)15(2)8-11(17)14-12(13(18)19)10-6-4-3-5-7-10/h3-7,12H,8H2,1-2H3,(H,14,17)(H,18,19). The summed E-state index contributed by atoms with van der Waals surface area (Å²) < 4.78 is 0. The number of hydrogen-bond donors (Lipinski definition) is 2. The highest BCUT2D eigenvalue weighted by atomic mass is 16.4. The highest BCUT2D eigenvalue weighted by Crippen LogP contribution is 2.12. The number of nitrogens with zero attached hydrogens (tertiary/aromatic N) is 1. The Morgan fingerprint density at radius 2 is 1.84 bits per heavy atom. The summed E-state index contributed by atoms with van der Waals surface area (Å²) in [7, 11) is 1.47. The van der Waals surface area contributed by atoms with Gasteiger partial charge in [-0.25, -0.2) is 4.79 Å². The summed E-state index contributed by atoms with van der Waals surface area (Å²) in [6.45, 7) is 1.16. The topological polar surface area (TPSA) is 86.7 Å². The maximum Gasteiger partial charge on any atom is 0.330 e. The molecule has 0 saturated heterocycles. The lowest BCUT2D eigenvalue weighted by Gasteiger charge is -2.18. The van der Waals surface area contributed by atoms with Crippen LogP contribution in [0, 0.1) is 0 Å². The molecule has 0 aliphatic rings. The van der Waals surface area contributed by atoms with Gasteiger partial charge in [-0.1, -0.05) is 30.3 Å². The molecule has 0 saturated carbocycles. The molecule has 6 nitrogen and oxygen atoms in total. The number of carboxylic acids is 1. The summed E-state index contributed by atoms with van der Waals surface area (Å²) in [5, 5.41) is 11.5. The van der Waals surface area contributed by atoms with E-state index < -0.39 is 17.9 Å². The highest BCUT2D eigenvalue weighted by Gasteiger charge is 2.22. The van der Waals surface area contributed by atoms with E-state index in [4.69, 9.17) is 5.11 Å². The Morgan fingerprint density at radius 1 is 1.26 bits per heavy atom. The molecule has 0 aromatic heterocycles. The minimum absolute atomic E-state index is 0.175. The van der Waals surface area contributed by atoms with E-state index >= 15 is 0 Å². The van der Waals surface area contributed by atoms with E-state index in [2.05, 4.69) is 5.32 Å². The van der Waals surface area contributed by atoms with Crippen molar-refractivity contribution in [3.8, 4) is 0 Å². The summed E-state index contributed by atoms with van der Waals surface area (Å²) in [5.41, 5.74) is 0.480. The number of rotatable bonds is 5. The monoisotopic (exact) mass is 264 g/mol. The molecule has 6 heteroatoms. The molecule has 1 aromatic rings. The van der Waals surface area contributed by atoms with Crippen LogP contribution in [0.25, 0.3) is 0 Å². The maximum atomic E-state index is 11.7. The third kappa shape index (κ3) is 4.42. The van der Waals surface area contributed by atoms with Crippen molar-refractivity contribution in [2.24, 2.45) is 0 Å². The molecule has 1 aromatic carbocycles. The first-order chi connectivity index (χ1) is 8.91. The van der Waals surface area contributed by atoms with Crippen molar-refractivity contribution in [3.05, 3.63) is 35.9 Å². The number of carboxylic acid groups (broad SMARTS) is 1. The number of hydrogen-bond acceptors (Lipinski definition) is 3. The van der Waals surface area contributed by atoms with Crippen LogP contribution in [0.4, 0.5) is 0 Å². The van der Waals surface area contributed by atoms with Gasteiger partial charge in [0.2, 0.25) is 11.8 Å². The average molecular weight is 264 g/mol. The fourth-order valence-corrected chi connectivity index (χ4v) is 1.47. The van der Waals surface area contributed by atoms with Gasteiger partial charge in [0.15, 0.2) is 6.04 Å². The van der Waals surface area contributed by atoms with E-state index in [9.17, 15) is 14.4 Å². The molecule has 0 heterocycles. The van der Waals surface area contributed by atoms with Crippen LogP contribution in [0.5, 0.6) is 0 Å². The Labute approximate surface area is 111 Å². The fourth-order valence-electron chi connectivity index (χ4n) is 1.47. The van der Waals surface area contributed by atoms with Crippen LogP contribution in [0.2, 0.25) is 0 Å². The second-order valence-corrected chi connectivity index (χ2v) is 4.12. The zero-order valence-corrected chi connectivity index (χ0v) is 10.8. The summed E-state index contributed by atoms with van der Waals surface area (Å²) >= 11 is 0. The molecule has 0 spiro atoms. The summed E-state index contributed by atoms with van der Waals surface area (Å²) in [5.74, 6) is -1.93. The molecule has 0 aliphatic carbocycles. The van der Waals surface area contributed by atoms with Gasteiger partial charge in [0, 0.05) is 14.0 Å². The number of amides is 2. The lowest BCUT2D eigenvalue weighted by molar-refractivity contribution is -0.142. The highest BCUT2D eigenvalue weighted by molar-refractivity contribution is 5.87. The zero-order chi connectivity index (χ0) is 14.4. The molecule has 102 valence electrons. The van der Waals surface area contributed by atoms with Crippen LogP contribution in [-0.2, 0) is 14.4 Å². The Morgan fingerprint density at radius 3 is 2.32 bits per heavy atom. The van der Waals surface area contributed by atoms with Crippen LogP contribution >= 0.6 is 0 Å². The second kappa shape index (κ2) is 6.53. The minimum Gasteiger partial charge on any atom is -0.479 e. The van der Waals surface area contributed by atoms with Gasteiger partial charge in [0.25, 0.3) is 0 Å². The lowest BCUT2D eigenvalue weighted by Crippen LogP contribution is -2.41. The van der Waals surface area contributed by atoms with Gasteiger partial charge >= 0.3 is 5.97 Å². The molecule has 1 rings (SSSR count). The van der Waals surface area contributed by atoms with Gasteiger partial charge in [-0.15, -0.1) is 0 Å². The molecule has 0 fully saturated rings. The number of likely N-dealkylation sites (N-methyl/N-ethyl adjacent to an activating group) is 1. The van der Waals surface area contributed by atoms with Crippen molar-refractivity contribution in [1.82, 2.24) is 10.2 Å². The van der Waals surface area contributed by atoms with Crippen molar-refractivity contribution in [2.45, 2.75) is 13.0 Å². The zero-order valence-electron chi connectivity index (χ0n) is 10.8. The van der Waals surface area contributed by atoms with E-state index in [0.29, 0.717) is 5.56 Å². The number of aliphatic carboxylic acids is 1. The molecule has 0 bridgehead atoms. The molecule has 19 heavy (non-hydrogen) atoms. The third-order valence-electron chi connectivity index (χ3n) is 2.60. The smallest absolute Gasteiger partial charge is 0.330 e. The molecule has 2 N–H and O–H groups in total. The normalized spacial score (nSPS) is 11.5. The van der Waals surface area contributed by atoms with Gasteiger partial charge in [-0.2, -0.15) is 0 Å². The average Bonchev–Trinajstić information content (AvgIpc) is 2.36. The Hall–Kier alpha value is -2.37. The Kier molecular flexibility index (Phi) is 5.05. The summed E-state index contributed by atoms with van der Waals surface area (Å²) in [4.78, 5) is 35.0. The van der Waals surface area contributed by atoms with Gasteiger partial charge in [0.1, 0.15) is 0 Å². The van der Waals surface area contributed by atoms with Crippen molar-refractivity contribution in [2.75, 3.05) is 13.6 Å². The van der Waals surface area contributed by atoms with Crippen molar-refractivity contribution < 1.29 is 19.5 Å². The lowest BCUT2D eigenvalue weighted by atomic mass is 10.1. The van der Waals surface area contributed by atoms with Crippen LogP contribution in [0.1, 0.15) is 18.5 Å². The van der Waals surface area contributed by atoms with E-state index in [-0.39, 0.29) is 12.5 Å². The first-order valence-electron chi connectivity index (χ1n) is 5.70. The summed E-state index contributed by atoms with van der Waals surface area (Å²) in [6, 6.07) is 7.27. The predicted molar refractivity (Wildman–Crippen MR) is 68.3 cm³/mol. The predicted octanol–water partition coefficient (Wildman–Crippen LogP) is 0.407. The summed E-state index contributed by atoms with van der Waals surface area (Å²) in [6.07, 6.45) is 0. The number of nitrogens with one attached hydrogen (secondary N) is 1. The van der Waals surface area contributed by atoms with Gasteiger partial charge in [0.05, 0.1) is 6.54 Å². The van der Waals surface area contributed by atoms with Crippen molar-refractivity contribution in [3.63, 3.8) is 0 Å². The maximum absolute atomic E-state index is 11.7. The van der Waals surface area contributed by atoms with E-state index in [1.54, 1.807) is 30.3 Å². The van der Waals surface area contributed by atoms with Gasteiger partial charge in [-0.05, 0) is 5.56 Å². The third-order valence-corrected chi connectivity index (χ3v) is 2.60. The number of carbonyl (C=O) groups excluding carboxylic acids is 2. The molecule has 0 radical (unpaired) electrons. The molecule has 2 amide bonds. The van der Waals surface area contributed by atoms with Crippen LogP contribution in [-0.4, -0.2) is 41.4 Å². The molecule has 0 aliphatic heterocycles. The van der Waals surface area contributed by atoms with Crippen LogP contribution in [0.15, 0.2) is 30.3 Å². The van der Waals surface area contributed by atoms with Crippen LogP contribution in [0.3, 0.4) is 0 Å². The van der Waals surface area contributed by atoms with Crippen LogP contribution < -0.4 is 5.32 Å². The number of benzene rings is 1. The fraction of sp³-hybridized carbons (Fsp3) is 0.308. The van der Waals surface area contributed by atoms with E-state index in [1.807, 2.05) is 0 Å². The Balaban J connectivity index is 2.73. The van der Waals surface area contributed by atoms with Gasteiger partial charge in [-0.3, -0.25) is 9.59 Å². The minimum atomic E-state index is -1.15. The SMILES string of the molecule is CC(=O)N(C)CC(=O)NC(C(=O)O)c1ccccc1. The van der Waals surface area contributed by atoms with Crippen molar-refractivity contribution >= 4 is 17.8 Å². The number of carbonyl (C=O) groups is 3. The van der Waals surface area contributed by atoms with E-state index in [1.165, 1.54) is 18.9 Å². The molecule has 1 atom stereocenters. The molecule has 1 unspecified atom stereocenters. The first-order valence-corrected chi connectivity index (χ1v) is 5.70. The first kappa shape index (κ1) is 14.7. The largest absolute Gasteiger partial charge is 0.479 e. The Bertz CT molecular complexity index is 473. The molecular formula is C13H16N2O4. The van der Waals surface area contributed by atoms with Gasteiger partial charge < -0.3 is 15.3 Å². The molecular weight excluding hydrogens is 248 g/mol.